The zero-order valence-electron chi connectivity index (χ0n) is 14.6. The molecule has 0 radical (unpaired) electrons. The smallest absolute Gasteiger partial charge is 0.136 e. The molecule has 4 rings (SSSR count). The molecule has 1 aliphatic carbocycles. The Hall–Kier alpha value is 0.400. The van der Waals surface area contributed by atoms with Gasteiger partial charge in [0.25, 0.3) is 0 Å². The molecule has 8 heteroatoms. The fourth-order valence-corrected chi connectivity index (χ4v) is 6.23. The van der Waals surface area contributed by atoms with Gasteiger partial charge in [-0.2, -0.15) is 5.01 Å². The average molecular weight is 375 g/mol. The van der Waals surface area contributed by atoms with Crippen LogP contribution in [0.25, 0.3) is 0 Å². The number of hydrazine groups is 3. The van der Waals surface area contributed by atoms with E-state index in [9.17, 15) is 0 Å². The quantitative estimate of drug-likeness (QED) is 0.480. The monoisotopic (exact) mass is 374 g/mol. The van der Waals surface area contributed by atoms with Crippen molar-refractivity contribution >= 4 is 23.4 Å². The van der Waals surface area contributed by atoms with Crippen LogP contribution in [-0.4, -0.2) is 39.5 Å². The van der Waals surface area contributed by atoms with Crippen LogP contribution in [0.4, 0.5) is 0 Å². The third-order valence-corrected chi connectivity index (χ3v) is 7.42. The summed E-state index contributed by atoms with van der Waals surface area (Å²) in [4.78, 5) is 0. The normalized spacial score (nSPS) is 46.8. The van der Waals surface area contributed by atoms with Crippen molar-refractivity contribution in [2.75, 3.05) is 0 Å². The lowest BCUT2D eigenvalue weighted by Gasteiger charge is -2.34. The summed E-state index contributed by atoms with van der Waals surface area (Å²) < 4.78 is 0. The van der Waals surface area contributed by atoms with Gasteiger partial charge in [-0.05, 0) is 43.9 Å². The van der Waals surface area contributed by atoms with E-state index in [0.717, 1.165) is 12.3 Å². The lowest BCUT2D eigenvalue weighted by molar-refractivity contribution is 0.0897. The fourth-order valence-electron chi connectivity index (χ4n) is 4.56. The zero-order valence-corrected chi connectivity index (χ0v) is 16.2. The second-order valence-electron chi connectivity index (χ2n) is 8.16. The van der Waals surface area contributed by atoms with E-state index in [1.165, 1.54) is 32.1 Å². The van der Waals surface area contributed by atoms with Gasteiger partial charge in [-0.3, -0.25) is 10.9 Å². The summed E-state index contributed by atoms with van der Waals surface area (Å²) in [5, 5.41) is 3.15. The Labute approximate surface area is 154 Å². The van der Waals surface area contributed by atoms with Crippen LogP contribution in [0.2, 0.25) is 0 Å². The molecule has 4 aliphatic rings. The molecule has 3 aliphatic heterocycles. The Balaban J connectivity index is 1.33. The first-order valence-electron chi connectivity index (χ1n) is 9.46. The minimum absolute atomic E-state index is 0.307. The van der Waals surface area contributed by atoms with Crippen LogP contribution in [-0.2, 0) is 0 Å². The summed E-state index contributed by atoms with van der Waals surface area (Å²) in [5.74, 6) is 1.36. The van der Waals surface area contributed by atoms with Crippen LogP contribution in [0.1, 0.15) is 52.4 Å². The maximum absolute atomic E-state index is 6.41. The molecule has 0 bridgehead atoms. The van der Waals surface area contributed by atoms with Gasteiger partial charge in [0, 0.05) is 17.5 Å². The molecule has 0 aromatic rings. The number of nitrogens with one attached hydrogen (secondary N) is 5. The van der Waals surface area contributed by atoms with Gasteiger partial charge in [0.15, 0.2) is 0 Å². The highest BCUT2D eigenvalue weighted by Gasteiger charge is 2.48. The molecule has 0 aromatic carbocycles. The first-order chi connectivity index (χ1) is 11.6. The average Bonchev–Trinajstić information content (AvgIpc) is 3.20. The predicted molar refractivity (Wildman–Crippen MR) is 99.7 cm³/mol. The highest BCUT2D eigenvalue weighted by atomic mass is 35.5. The summed E-state index contributed by atoms with van der Waals surface area (Å²) in [6.45, 7) is 4.59. The molecule has 138 valence electrons. The van der Waals surface area contributed by atoms with Gasteiger partial charge in [-0.1, -0.05) is 20.3 Å². The minimum Gasteiger partial charge on any atom is -0.254 e. The van der Waals surface area contributed by atoms with Crippen LogP contribution in [0.5, 0.6) is 0 Å². The van der Waals surface area contributed by atoms with Crippen LogP contribution >= 0.6 is 23.4 Å². The van der Waals surface area contributed by atoms with E-state index in [4.69, 9.17) is 11.6 Å². The Morgan fingerprint density at radius 3 is 2.79 bits per heavy atom. The lowest BCUT2D eigenvalue weighted by atomic mass is 9.86. The number of nitrogens with zero attached hydrogens (tertiary/aromatic N) is 1. The maximum Gasteiger partial charge on any atom is 0.136 e. The maximum atomic E-state index is 6.41. The lowest BCUT2D eigenvalue weighted by Crippen LogP contribution is -2.53. The Bertz CT molecular complexity index is 441. The highest BCUT2D eigenvalue weighted by Crippen LogP contribution is 2.38. The first kappa shape index (κ1) is 17.8. The van der Waals surface area contributed by atoms with Gasteiger partial charge < -0.3 is 0 Å². The van der Waals surface area contributed by atoms with E-state index >= 15 is 0 Å². The Kier molecular flexibility index (Phi) is 5.61. The van der Waals surface area contributed by atoms with Crippen LogP contribution in [0.3, 0.4) is 0 Å². The molecule has 3 heterocycles. The molecule has 4 fully saturated rings. The summed E-state index contributed by atoms with van der Waals surface area (Å²) in [7, 11) is 0. The van der Waals surface area contributed by atoms with Gasteiger partial charge in [-0.15, -0.1) is 23.4 Å². The summed E-state index contributed by atoms with van der Waals surface area (Å²) >= 11 is 8.39. The fraction of sp³-hybridized carbons (Fsp3) is 1.00. The second kappa shape index (κ2) is 7.56. The van der Waals surface area contributed by atoms with Crippen molar-refractivity contribution in [2.24, 2.45) is 11.8 Å². The van der Waals surface area contributed by atoms with Crippen LogP contribution < -0.4 is 27.1 Å². The summed E-state index contributed by atoms with van der Waals surface area (Å²) in [5.41, 5.74) is 18.0. The molecular weight excluding hydrogens is 344 g/mol. The molecule has 24 heavy (non-hydrogen) atoms. The molecule has 0 spiro atoms. The molecule has 7 atom stereocenters. The van der Waals surface area contributed by atoms with E-state index in [1.807, 2.05) is 11.8 Å². The second-order valence-corrected chi connectivity index (χ2v) is 10.0. The van der Waals surface area contributed by atoms with Crippen molar-refractivity contribution < 1.29 is 0 Å². The minimum atomic E-state index is 0.307. The Morgan fingerprint density at radius 2 is 2.00 bits per heavy atom. The van der Waals surface area contributed by atoms with E-state index in [1.54, 1.807) is 0 Å². The van der Waals surface area contributed by atoms with Crippen molar-refractivity contribution in [2.45, 2.75) is 86.9 Å². The molecule has 6 nitrogen and oxygen atoms in total. The van der Waals surface area contributed by atoms with Gasteiger partial charge in [0.2, 0.25) is 0 Å². The van der Waals surface area contributed by atoms with Crippen LogP contribution in [0, 0.1) is 11.8 Å². The van der Waals surface area contributed by atoms with E-state index in [0.29, 0.717) is 40.4 Å². The first-order valence-corrected chi connectivity index (χ1v) is 10.8. The standard InChI is InChI=1S/C16H31ClN6S/c1-9(2)6-12-8-13(19-18-12)15-22-23-14(20-21-16(23)24-15)10-4-3-5-11(17)7-10/h9-16,18-22H,3-8H2,1-2H3. The van der Waals surface area contributed by atoms with Gasteiger partial charge in [0.05, 0.1) is 11.5 Å². The summed E-state index contributed by atoms with van der Waals surface area (Å²) in [6, 6.07) is 1.06. The van der Waals surface area contributed by atoms with Crippen molar-refractivity contribution in [1.82, 2.24) is 32.1 Å². The molecule has 5 N–H and O–H groups in total. The number of fused-ring (bicyclic) bond motifs is 1. The van der Waals surface area contributed by atoms with Gasteiger partial charge in [-0.25, -0.2) is 16.3 Å². The van der Waals surface area contributed by atoms with Crippen molar-refractivity contribution in [1.29, 1.82) is 0 Å². The topological polar surface area (TPSA) is 63.4 Å². The molecule has 3 saturated heterocycles. The number of thioether (sulfide) groups is 1. The number of hydrogen-bond acceptors (Lipinski definition) is 7. The van der Waals surface area contributed by atoms with Crippen molar-refractivity contribution in [3.05, 3.63) is 0 Å². The molecule has 0 amide bonds. The molecule has 0 aromatic heterocycles. The van der Waals surface area contributed by atoms with E-state index < -0.39 is 0 Å². The van der Waals surface area contributed by atoms with E-state index in [-0.39, 0.29) is 0 Å². The molecule has 7 unspecified atom stereocenters. The zero-order chi connectivity index (χ0) is 16.7. The Morgan fingerprint density at radius 1 is 1.12 bits per heavy atom. The van der Waals surface area contributed by atoms with Crippen molar-refractivity contribution in [3.8, 4) is 0 Å². The SMILES string of the molecule is CC(C)CC1CC(C2NN3C(NNC3C3CCCC(Cl)C3)S2)NN1. The highest BCUT2D eigenvalue weighted by molar-refractivity contribution is 8.00. The van der Waals surface area contributed by atoms with Gasteiger partial charge in [0.1, 0.15) is 5.50 Å². The number of hydrogen-bond donors (Lipinski definition) is 5. The number of alkyl halides is 1. The largest absolute Gasteiger partial charge is 0.254 e. The summed E-state index contributed by atoms with van der Waals surface area (Å²) in [6.07, 6.45) is 7.56. The molecule has 1 saturated carbocycles. The number of halogens is 1. The third kappa shape index (κ3) is 3.74. The van der Waals surface area contributed by atoms with E-state index in [2.05, 4.69) is 46.0 Å². The van der Waals surface area contributed by atoms with Crippen LogP contribution in [0.15, 0.2) is 0 Å². The molecular formula is C16H31ClN6S. The third-order valence-electron chi connectivity index (χ3n) is 5.69. The predicted octanol–water partition coefficient (Wildman–Crippen LogP) is 1.66. The van der Waals surface area contributed by atoms with Crippen molar-refractivity contribution in [3.63, 3.8) is 0 Å². The number of rotatable bonds is 4. The van der Waals surface area contributed by atoms with Gasteiger partial charge >= 0.3 is 0 Å².